The van der Waals surface area contributed by atoms with Crippen LogP contribution in [0.1, 0.15) is 32.4 Å². The highest BCUT2D eigenvalue weighted by Crippen LogP contribution is 2.36. The normalized spacial score (nSPS) is 13.1. The van der Waals surface area contributed by atoms with E-state index >= 15 is 0 Å². The van der Waals surface area contributed by atoms with Crippen molar-refractivity contribution in [2.24, 2.45) is 11.1 Å². The van der Waals surface area contributed by atoms with Crippen molar-refractivity contribution in [2.45, 2.75) is 26.8 Å². The first-order chi connectivity index (χ1) is 7.91. The number of fused-ring (bicyclic) bond motifs is 1. The van der Waals surface area contributed by atoms with Gasteiger partial charge in [-0.15, -0.1) is 12.4 Å². The molecule has 0 saturated heterocycles. The van der Waals surface area contributed by atoms with Crippen molar-refractivity contribution < 1.29 is 5.11 Å². The van der Waals surface area contributed by atoms with Gasteiger partial charge >= 0.3 is 0 Å². The number of benzene rings is 2. The Morgan fingerprint density at radius 2 is 1.56 bits per heavy atom. The minimum absolute atomic E-state index is 0. The van der Waals surface area contributed by atoms with E-state index in [2.05, 4.69) is 20.8 Å². The van der Waals surface area contributed by atoms with Crippen LogP contribution in [-0.2, 0) is 0 Å². The van der Waals surface area contributed by atoms with Crippen LogP contribution in [-0.4, -0.2) is 5.11 Å². The summed E-state index contributed by atoms with van der Waals surface area (Å²) in [6.07, 6.45) is 0. The molecule has 18 heavy (non-hydrogen) atoms. The van der Waals surface area contributed by atoms with E-state index in [0.29, 0.717) is 5.75 Å². The summed E-state index contributed by atoms with van der Waals surface area (Å²) in [7, 11) is 0. The lowest BCUT2D eigenvalue weighted by Gasteiger charge is -2.28. The van der Waals surface area contributed by atoms with Crippen molar-refractivity contribution in [3.8, 4) is 5.75 Å². The molecule has 0 spiro atoms. The van der Waals surface area contributed by atoms with Gasteiger partial charge < -0.3 is 10.8 Å². The summed E-state index contributed by atoms with van der Waals surface area (Å²) in [5.41, 5.74) is 7.40. The van der Waals surface area contributed by atoms with Gasteiger partial charge in [-0.1, -0.05) is 51.1 Å². The van der Waals surface area contributed by atoms with Crippen LogP contribution in [0.4, 0.5) is 0 Å². The Labute approximate surface area is 114 Å². The van der Waals surface area contributed by atoms with Gasteiger partial charge in [-0.05, 0) is 22.4 Å². The zero-order valence-electron chi connectivity index (χ0n) is 11.0. The molecule has 3 heteroatoms. The molecule has 2 aromatic carbocycles. The van der Waals surface area contributed by atoms with Crippen LogP contribution in [0.2, 0.25) is 0 Å². The van der Waals surface area contributed by atoms with Gasteiger partial charge in [-0.25, -0.2) is 0 Å². The number of rotatable bonds is 1. The first kappa shape index (κ1) is 14.8. The summed E-state index contributed by atoms with van der Waals surface area (Å²) in [5.74, 6) is 0.311. The van der Waals surface area contributed by atoms with Gasteiger partial charge in [0.15, 0.2) is 0 Å². The van der Waals surface area contributed by atoms with E-state index < -0.39 is 0 Å². The summed E-state index contributed by atoms with van der Waals surface area (Å²) in [6.45, 7) is 6.37. The molecule has 0 unspecified atom stereocenters. The first-order valence-corrected chi connectivity index (χ1v) is 5.87. The second-order valence-electron chi connectivity index (χ2n) is 5.56. The van der Waals surface area contributed by atoms with Gasteiger partial charge in [0.25, 0.3) is 0 Å². The third kappa shape index (κ3) is 2.60. The Morgan fingerprint density at radius 3 is 2.11 bits per heavy atom. The highest BCUT2D eigenvalue weighted by atomic mass is 35.5. The molecule has 0 amide bonds. The minimum Gasteiger partial charge on any atom is -0.507 e. The average Bonchev–Trinajstić information content (AvgIpc) is 2.28. The van der Waals surface area contributed by atoms with E-state index in [1.165, 1.54) is 0 Å². The van der Waals surface area contributed by atoms with Gasteiger partial charge in [-0.3, -0.25) is 0 Å². The molecule has 0 radical (unpaired) electrons. The maximum Gasteiger partial charge on any atom is 0.123 e. The number of phenolic OH excluding ortho intramolecular Hbond substituents is 1. The van der Waals surface area contributed by atoms with Crippen molar-refractivity contribution in [3.05, 3.63) is 42.0 Å². The zero-order chi connectivity index (χ0) is 12.6. The third-order valence-electron chi connectivity index (χ3n) is 3.20. The number of halogens is 1. The Morgan fingerprint density at radius 1 is 1.00 bits per heavy atom. The van der Waals surface area contributed by atoms with Crippen molar-refractivity contribution >= 4 is 23.2 Å². The number of hydrogen-bond donors (Lipinski definition) is 2. The topological polar surface area (TPSA) is 46.2 Å². The molecule has 0 aliphatic rings. The summed E-state index contributed by atoms with van der Waals surface area (Å²) in [4.78, 5) is 0. The molecule has 0 aliphatic heterocycles. The van der Waals surface area contributed by atoms with Gasteiger partial charge in [-0.2, -0.15) is 0 Å². The summed E-state index contributed by atoms with van der Waals surface area (Å²) < 4.78 is 0. The van der Waals surface area contributed by atoms with Crippen LogP contribution in [0, 0.1) is 5.41 Å². The fourth-order valence-corrected chi connectivity index (χ4v) is 2.04. The first-order valence-electron chi connectivity index (χ1n) is 5.87. The quantitative estimate of drug-likeness (QED) is 0.818. The Balaban J connectivity index is 0.00000162. The van der Waals surface area contributed by atoms with Crippen molar-refractivity contribution in [3.63, 3.8) is 0 Å². The number of phenols is 1. The number of hydrogen-bond acceptors (Lipinski definition) is 2. The second-order valence-corrected chi connectivity index (χ2v) is 5.56. The van der Waals surface area contributed by atoms with Gasteiger partial charge in [0.2, 0.25) is 0 Å². The van der Waals surface area contributed by atoms with E-state index in [4.69, 9.17) is 5.73 Å². The summed E-state index contributed by atoms with van der Waals surface area (Å²) in [6, 6.07) is 11.4. The van der Waals surface area contributed by atoms with E-state index in [0.717, 1.165) is 16.3 Å². The Bertz CT molecular complexity index is 546. The molecule has 0 bridgehead atoms. The fraction of sp³-hybridized carbons (Fsp3) is 0.333. The average molecular weight is 266 g/mol. The molecule has 0 fully saturated rings. The molecule has 2 nitrogen and oxygen atoms in total. The molecule has 0 saturated carbocycles. The highest BCUT2D eigenvalue weighted by Gasteiger charge is 2.24. The van der Waals surface area contributed by atoms with Crippen LogP contribution in [0.3, 0.4) is 0 Å². The van der Waals surface area contributed by atoms with E-state index in [-0.39, 0.29) is 23.9 Å². The minimum atomic E-state index is -0.0481. The lowest BCUT2D eigenvalue weighted by Crippen LogP contribution is -2.26. The fourth-order valence-electron chi connectivity index (χ4n) is 2.04. The highest BCUT2D eigenvalue weighted by molar-refractivity contribution is 5.91. The van der Waals surface area contributed by atoms with Crippen molar-refractivity contribution in [1.29, 1.82) is 0 Å². The van der Waals surface area contributed by atoms with E-state index in [9.17, 15) is 5.11 Å². The molecule has 3 N–H and O–H groups in total. The zero-order valence-corrected chi connectivity index (χ0v) is 11.8. The van der Waals surface area contributed by atoms with Crippen LogP contribution < -0.4 is 5.73 Å². The smallest absolute Gasteiger partial charge is 0.123 e. The third-order valence-corrected chi connectivity index (χ3v) is 3.20. The lowest BCUT2D eigenvalue weighted by molar-refractivity contribution is 0.328. The SMILES string of the molecule is CC(C)(C)[C@H](N)c1ccc(O)c2ccccc12.Cl. The number of aromatic hydroxyl groups is 1. The predicted molar refractivity (Wildman–Crippen MR) is 79.2 cm³/mol. The van der Waals surface area contributed by atoms with Crippen LogP contribution in [0.5, 0.6) is 5.75 Å². The predicted octanol–water partition coefficient (Wildman–Crippen LogP) is 4.01. The Kier molecular flexibility index (Phi) is 4.25. The maximum atomic E-state index is 9.84. The summed E-state index contributed by atoms with van der Waals surface area (Å²) in [5, 5.41) is 11.7. The van der Waals surface area contributed by atoms with Gasteiger partial charge in [0.05, 0.1) is 0 Å². The molecule has 2 aromatic rings. The molecule has 0 heterocycles. The van der Waals surface area contributed by atoms with E-state index in [1.54, 1.807) is 6.07 Å². The largest absolute Gasteiger partial charge is 0.507 e. The van der Waals surface area contributed by atoms with Crippen LogP contribution >= 0.6 is 12.4 Å². The number of nitrogens with two attached hydrogens (primary N) is 1. The molecule has 0 aliphatic carbocycles. The monoisotopic (exact) mass is 265 g/mol. The van der Waals surface area contributed by atoms with Gasteiger partial charge in [0.1, 0.15) is 5.75 Å². The summed E-state index contributed by atoms with van der Waals surface area (Å²) >= 11 is 0. The van der Waals surface area contributed by atoms with Crippen molar-refractivity contribution in [1.82, 2.24) is 0 Å². The maximum absolute atomic E-state index is 9.84. The molecule has 98 valence electrons. The lowest BCUT2D eigenvalue weighted by atomic mass is 9.81. The van der Waals surface area contributed by atoms with Crippen LogP contribution in [0.25, 0.3) is 10.8 Å². The Hall–Kier alpha value is -1.25. The van der Waals surface area contributed by atoms with Crippen LogP contribution in [0.15, 0.2) is 36.4 Å². The van der Waals surface area contributed by atoms with E-state index in [1.807, 2.05) is 30.3 Å². The molecular formula is C15H20ClNO. The molecule has 0 aromatic heterocycles. The standard InChI is InChI=1S/C15H19NO.ClH/c1-15(2,3)14(16)12-8-9-13(17)11-7-5-4-6-10(11)12;/h4-9,14,17H,16H2,1-3H3;1H/t14-;/m1./s1. The van der Waals surface area contributed by atoms with Gasteiger partial charge in [0, 0.05) is 11.4 Å². The molecule has 1 atom stereocenters. The molecule has 2 rings (SSSR count). The second kappa shape index (κ2) is 5.17. The van der Waals surface area contributed by atoms with Crippen molar-refractivity contribution in [2.75, 3.05) is 0 Å². The molecular weight excluding hydrogens is 246 g/mol.